The lowest BCUT2D eigenvalue weighted by Gasteiger charge is -2.37. The van der Waals surface area contributed by atoms with Gasteiger partial charge < -0.3 is 19.2 Å². The third-order valence-corrected chi connectivity index (χ3v) is 3.44. The first kappa shape index (κ1) is 12.0. The van der Waals surface area contributed by atoms with Crippen molar-refractivity contribution in [3.63, 3.8) is 0 Å². The van der Waals surface area contributed by atoms with E-state index in [4.69, 9.17) is 14.3 Å². The number of hydrogen-bond acceptors (Lipinski definition) is 4. The van der Waals surface area contributed by atoms with E-state index >= 15 is 0 Å². The van der Waals surface area contributed by atoms with E-state index in [2.05, 4.69) is 0 Å². The Hall–Kier alpha value is -2.01. The monoisotopic (exact) mass is 261 g/mol. The smallest absolute Gasteiger partial charge is 0.289 e. The van der Waals surface area contributed by atoms with Crippen molar-refractivity contribution in [2.45, 2.75) is 0 Å². The van der Waals surface area contributed by atoms with Crippen molar-refractivity contribution in [1.82, 2.24) is 4.90 Å². The number of rotatable bonds is 3. The summed E-state index contributed by atoms with van der Waals surface area (Å²) in [5.74, 6) is 0.995. The molecule has 0 atom stereocenters. The second-order valence-electron chi connectivity index (χ2n) is 4.75. The van der Waals surface area contributed by atoms with Gasteiger partial charge in [-0.3, -0.25) is 4.79 Å². The van der Waals surface area contributed by atoms with E-state index in [0.29, 0.717) is 30.2 Å². The predicted octanol–water partition coefficient (Wildman–Crippen LogP) is 1.51. The maximum absolute atomic E-state index is 12.2. The van der Waals surface area contributed by atoms with E-state index in [1.807, 2.05) is 12.1 Å². The molecule has 1 aromatic heterocycles. The first-order chi connectivity index (χ1) is 9.22. The molecule has 1 amide bonds. The van der Waals surface area contributed by atoms with Crippen molar-refractivity contribution in [3.05, 3.63) is 30.0 Å². The van der Waals surface area contributed by atoms with Crippen LogP contribution in [0, 0.1) is 5.92 Å². The van der Waals surface area contributed by atoms with Gasteiger partial charge in [-0.2, -0.15) is 0 Å². The number of benzene rings is 1. The van der Waals surface area contributed by atoms with Crippen LogP contribution >= 0.6 is 0 Å². The lowest BCUT2D eigenvalue weighted by molar-refractivity contribution is 0.0336. The summed E-state index contributed by atoms with van der Waals surface area (Å²) in [6.45, 7) is 1.30. The number of furan rings is 1. The Morgan fingerprint density at radius 3 is 3.00 bits per heavy atom. The fraction of sp³-hybridized carbons (Fsp3) is 0.357. The van der Waals surface area contributed by atoms with Gasteiger partial charge in [0.15, 0.2) is 17.1 Å². The summed E-state index contributed by atoms with van der Waals surface area (Å²) in [6, 6.07) is 7.26. The summed E-state index contributed by atoms with van der Waals surface area (Å²) in [7, 11) is 1.57. The second kappa shape index (κ2) is 4.59. The van der Waals surface area contributed by atoms with Crippen molar-refractivity contribution >= 4 is 16.9 Å². The number of aliphatic hydroxyl groups is 1. The molecule has 5 heteroatoms. The lowest BCUT2D eigenvalue weighted by atomic mass is 10.0. The summed E-state index contributed by atoms with van der Waals surface area (Å²) < 4.78 is 10.8. The van der Waals surface area contributed by atoms with Gasteiger partial charge in [0.1, 0.15) is 0 Å². The molecule has 1 saturated heterocycles. The van der Waals surface area contributed by atoms with Gasteiger partial charge >= 0.3 is 0 Å². The van der Waals surface area contributed by atoms with Gasteiger partial charge in [0.25, 0.3) is 5.91 Å². The Morgan fingerprint density at radius 1 is 1.53 bits per heavy atom. The fourth-order valence-electron chi connectivity index (χ4n) is 2.31. The molecule has 100 valence electrons. The largest absolute Gasteiger partial charge is 0.493 e. The molecule has 0 unspecified atom stereocenters. The SMILES string of the molecule is COc1cccc2cc(C(=O)N3CC(CO)C3)oc12. The average molecular weight is 261 g/mol. The number of carbonyl (C=O) groups is 1. The number of hydrogen-bond donors (Lipinski definition) is 1. The van der Waals surface area contributed by atoms with Gasteiger partial charge in [0.05, 0.1) is 7.11 Å². The number of carbonyl (C=O) groups excluding carboxylic acids is 1. The lowest BCUT2D eigenvalue weighted by Crippen LogP contribution is -2.51. The van der Waals surface area contributed by atoms with Crippen molar-refractivity contribution < 1.29 is 19.1 Å². The van der Waals surface area contributed by atoms with E-state index < -0.39 is 0 Å². The van der Waals surface area contributed by atoms with Crippen LogP contribution in [0.1, 0.15) is 10.6 Å². The highest BCUT2D eigenvalue weighted by Crippen LogP contribution is 2.29. The molecule has 2 heterocycles. The first-order valence-electron chi connectivity index (χ1n) is 6.19. The number of amides is 1. The molecule has 0 bridgehead atoms. The highest BCUT2D eigenvalue weighted by Gasteiger charge is 2.32. The summed E-state index contributed by atoms with van der Waals surface area (Å²) in [5.41, 5.74) is 0.590. The Labute approximate surface area is 110 Å². The molecule has 0 spiro atoms. The average Bonchev–Trinajstić information content (AvgIpc) is 2.80. The van der Waals surface area contributed by atoms with Gasteiger partial charge in [0, 0.05) is 31.0 Å². The topological polar surface area (TPSA) is 62.9 Å². The van der Waals surface area contributed by atoms with Crippen LogP contribution in [0.25, 0.3) is 11.0 Å². The molecule has 2 aromatic rings. The highest BCUT2D eigenvalue weighted by atomic mass is 16.5. The predicted molar refractivity (Wildman–Crippen MR) is 69.2 cm³/mol. The van der Waals surface area contributed by atoms with E-state index in [9.17, 15) is 4.79 Å². The summed E-state index contributed by atoms with van der Waals surface area (Å²) in [6.07, 6.45) is 0. The van der Waals surface area contributed by atoms with Crippen LogP contribution < -0.4 is 4.74 Å². The number of aliphatic hydroxyl groups excluding tert-OH is 1. The third-order valence-electron chi connectivity index (χ3n) is 3.44. The van der Waals surface area contributed by atoms with E-state index in [1.165, 1.54) is 0 Å². The standard InChI is InChI=1S/C14H15NO4/c1-18-11-4-2-3-10-5-12(19-13(10)11)14(17)15-6-9(7-15)8-16/h2-5,9,16H,6-8H2,1H3. The summed E-state index contributed by atoms with van der Waals surface area (Å²) in [5, 5.41) is 9.81. The zero-order valence-electron chi connectivity index (χ0n) is 10.6. The number of nitrogens with zero attached hydrogens (tertiary/aromatic N) is 1. The van der Waals surface area contributed by atoms with Crippen LogP contribution in [0.15, 0.2) is 28.7 Å². The van der Waals surface area contributed by atoms with E-state index in [-0.39, 0.29) is 18.4 Å². The molecular weight excluding hydrogens is 246 g/mol. The van der Waals surface area contributed by atoms with Crippen molar-refractivity contribution in [2.75, 3.05) is 26.8 Å². The minimum Gasteiger partial charge on any atom is -0.493 e. The maximum Gasteiger partial charge on any atom is 0.289 e. The zero-order chi connectivity index (χ0) is 13.4. The molecule has 19 heavy (non-hydrogen) atoms. The van der Waals surface area contributed by atoms with Crippen LogP contribution in [-0.2, 0) is 0 Å². The van der Waals surface area contributed by atoms with Crippen LogP contribution in [0.5, 0.6) is 5.75 Å². The van der Waals surface area contributed by atoms with Crippen LogP contribution in [-0.4, -0.2) is 42.7 Å². The Bertz CT molecular complexity index is 613. The number of para-hydroxylation sites is 1. The minimum absolute atomic E-state index is 0.123. The molecular formula is C14H15NO4. The quantitative estimate of drug-likeness (QED) is 0.909. The van der Waals surface area contributed by atoms with Gasteiger partial charge in [-0.1, -0.05) is 12.1 Å². The molecule has 1 fully saturated rings. The Balaban J connectivity index is 1.87. The Kier molecular flexibility index (Phi) is 2.91. The second-order valence-corrected chi connectivity index (χ2v) is 4.75. The van der Waals surface area contributed by atoms with Crippen molar-refractivity contribution in [2.24, 2.45) is 5.92 Å². The molecule has 1 aromatic carbocycles. The third kappa shape index (κ3) is 1.96. The molecule has 1 aliphatic heterocycles. The molecule has 1 N–H and O–H groups in total. The van der Waals surface area contributed by atoms with Crippen molar-refractivity contribution in [1.29, 1.82) is 0 Å². The molecule has 0 saturated carbocycles. The summed E-state index contributed by atoms with van der Waals surface area (Å²) >= 11 is 0. The van der Waals surface area contributed by atoms with Gasteiger partial charge in [-0.05, 0) is 12.1 Å². The van der Waals surface area contributed by atoms with Gasteiger partial charge in [-0.15, -0.1) is 0 Å². The highest BCUT2D eigenvalue weighted by molar-refractivity contribution is 5.97. The maximum atomic E-state index is 12.2. The number of methoxy groups -OCH3 is 1. The molecule has 1 aliphatic rings. The van der Waals surface area contributed by atoms with Crippen LogP contribution in [0.2, 0.25) is 0 Å². The van der Waals surface area contributed by atoms with Crippen LogP contribution in [0.4, 0.5) is 0 Å². The number of ether oxygens (including phenoxy) is 1. The van der Waals surface area contributed by atoms with Gasteiger partial charge in [0.2, 0.25) is 0 Å². The molecule has 0 aliphatic carbocycles. The summed E-state index contributed by atoms with van der Waals surface area (Å²) in [4.78, 5) is 13.8. The van der Waals surface area contributed by atoms with Gasteiger partial charge in [-0.25, -0.2) is 0 Å². The first-order valence-corrected chi connectivity index (χ1v) is 6.19. The van der Waals surface area contributed by atoms with E-state index in [0.717, 1.165) is 5.39 Å². The fourth-order valence-corrected chi connectivity index (χ4v) is 2.31. The van der Waals surface area contributed by atoms with Crippen molar-refractivity contribution in [3.8, 4) is 5.75 Å². The molecule has 3 rings (SSSR count). The minimum atomic E-state index is -0.136. The zero-order valence-corrected chi connectivity index (χ0v) is 10.6. The molecule has 5 nitrogen and oxygen atoms in total. The molecule has 0 radical (unpaired) electrons. The number of likely N-dealkylation sites (tertiary alicyclic amines) is 1. The van der Waals surface area contributed by atoms with Crippen LogP contribution in [0.3, 0.4) is 0 Å². The van der Waals surface area contributed by atoms with E-state index in [1.54, 1.807) is 24.1 Å². The normalized spacial score (nSPS) is 15.6. The number of fused-ring (bicyclic) bond motifs is 1. The Morgan fingerprint density at radius 2 is 2.32 bits per heavy atom.